The Hall–Kier alpha value is -3.15. The second-order valence-corrected chi connectivity index (χ2v) is 6.74. The Kier molecular flexibility index (Phi) is 3.95. The van der Waals surface area contributed by atoms with E-state index in [0.29, 0.717) is 24.3 Å². The zero-order valence-electron chi connectivity index (χ0n) is 14.5. The molecular weight excluding hydrogens is 328 g/mol. The summed E-state index contributed by atoms with van der Waals surface area (Å²) in [5.74, 6) is -0.585. The van der Waals surface area contributed by atoms with Crippen LogP contribution in [0, 0.1) is 0 Å². The Labute approximate surface area is 150 Å². The summed E-state index contributed by atoms with van der Waals surface area (Å²) in [4.78, 5) is 31.0. The SMILES string of the molecule is C[C@@H]1C[C@@H](C(N)=O)c2ccccc2N1Cc1cc(=O)n2ccccc2n1. The molecule has 4 rings (SSSR count). The maximum Gasteiger partial charge on any atom is 0.258 e. The highest BCUT2D eigenvalue weighted by atomic mass is 16.1. The number of rotatable bonds is 3. The maximum absolute atomic E-state index is 12.4. The normalized spacial score (nSPS) is 19.3. The number of hydrogen-bond donors (Lipinski definition) is 1. The van der Waals surface area contributed by atoms with Gasteiger partial charge < -0.3 is 10.6 Å². The number of nitrogens with two attached hydrogens (primary N) is 1. The predicted octanol–water partition coefficient (Wildman–Crippen LogP) is 2.06. The fourth-order valence-corrected chi connectivity index (χ4v) is 3.75. The van der Waals surface area contributed by atoms with Crippen molar-refractivity contribution in [3.8, 4) is 0 Å². The quantitative estimate of drug-likeness (QED) is 0.786. The molecule has 2 atom stereocenters. The van der Waals surface area contributed by atoms with Gasteiger partial charge in [0.1, 0.15) is 5.65 Å². The second kappa shape index (κ2) is 6.29. The number of carbonyl (C=O) groups is 1. The molecule has 1 aliphatic rings. The number of primary amides is 1. The summed E-state index contributed by atoms with van der Waals surface area (Å²) in [6.45, 7) is 2.57. The molecule has 6 nitrogen and oxygen atoms in total. The topological polar surface area (TPSA) is 80.7 Å². The summed E-state index contributed by atoms with van der Waals surface area (Å²) in [6, 6.07) is 15.0. The molecule has 0 saturated heterocycles. The van der Waals surface area contributed by atoms with Gasteiger partial charge in [-0.3, -0.25) is 14.0 Å². The third-order valence-electron chi connectivity index (χ3n) is 5.03. The molecule has 1 amide bonds. The molecule has 1 aliphatic heterocycles. The number of hydrogen-bond acceptors (Lipinski definition) is 4. The average molecular weight is 348 g/mol. The maximum atomic E-state index is 12.4. The van der Waals surface area contributed by atoms with Crippen molar-refractivity contribution in [1.82, 2.24) is 9.38 Å². The first-order valence-electron chi connectivity index (χ1n) is 8.67. The van der Waals surface area contributed by atoms with Crippen molar-refractivity contribution in [2.75, 3.05) is 4.90 Å². The lowest BCUT2D eigenvalue weighted by atomic mass is 9.85. The largest absolute Gasteiger partial charge is 0.369 e. The molecule has 132 valence electrons. The van der Waals surface area contributed by atoms with Crippen molar-refractivity contribution >= 4 is 17.2 Å². The molecule has 0 saturated carbocycles. The number of fused-ring (bicyclic) bond motifs is 2. The van der Waals surface area contributed by atoms with Crippen molar-refractivity contribution in [3.05, 3.63) is 76.3 Å². The summed E-state index contributed by atoms with van der Waals surface area (Å²) in [7, 11) is 0. The van der Waals surface area contributed by atoms with E-state index < -0.39 is 0 Å². The van der Waals surface area contributed by atoms with Gasteiger partial charge in [-0.1, -0.05) is 24.3 Å². The van der Waals surface area contributed by atoms with Crippen LogP contribution in [0.4, 0.5) is 5.69 Å². The molecular formula is C20H20N4O2. The van der Waals surface area contributed by atoms with Crippen molar-refractivity contribution < 1.29 is 4.79 Å². The fraction of sp³-hybridized carbons (Fsp3) is 0.250. The van der Waals surface area contributed by atoms with E-state index in [2.05, 4.69) is 16.8 Å². The third-order valence-corrected chi connectivity index (χ3v) is 5.03. The Morgan fingerprint density at radius 2 is 2.00 bits per heavy atom. The number of nitrogens with zero attached hydrogens (tertiary/aromatic N) is 3. The lowest BCUT2D eigenvalue weighted by Crippen LogP contribution is -2.41. The molecule has 0 spiro atoms. The van der Waals surface area contributed by atoms with Gasteiger partial charge in [0.05, 0.1) is 18.2 Å². The third kappa shape index (κ3) is 2.73. The number of para-hydroxylation sites is 1. The lowest BCUT2D eigenvalue weighted by Gasteiger charge is -2.39. The number of benzene rings is 1. The van der Waals surface area contributed by atoms with Gasteiger partial charge in [-0.15, -0.1) is 0 Å². The highest BCUT2D eigenvalue weighted by molar-refractivity contribution is 5.85. The van der Waals surface area contributed by atoms with E-state index in [4.69, 9.17) is 5.73 Å². The van der Waals surface area contributed by atoms with Crippen molar-refractivity contribution in [1.29, 1.82) is 0 Å². The van der Waals surface area contributed by atoms with Crippen LogP contribution in [0.3, 0.4) is 0 Å². The monoisotopic (exact) mass is 348 g/mol. The molecule has 2 aromatic heterocycles. The smallest absolute Gasteiger partial charge is 0.258 e. The molecule has 1 aromatic carbocycles. The number of carbonyl (C=O) groups excluding carboxylic acids is 1. The molecule has 3 aromatic rings. The molecule has 3 heterocycles. The van der Waals surface area contributed by atoms with Crippen LogP contribution >= 0.6 is 0 Å². The van der Waals surface area contributed by atoms with Gasteiger partial charge in [-0.2, -0.15) is 0 Å². The Morgan fingerprint density at radius 1 is 1.23 bits per heavy atom. The van der Waals surface area contributed by atoms with Crippen LogP contribution in [-0.4, -0.2) is 21.3 Å². The minimum absolute atomic E-state index is 0.0986. The van der Waals surface area contributed by atoms with Crippen LogP contribution in [-0.2, 0) is 11.3 Å². The molecule has 0 unspecified atom stereocenters. The second-order valence-electron chi connectivity index (χ2n) is 6.74. The molecule has 26 heavy (non-hydrogen) atoms. The first-order chi connectivity index (χ1) is 12.5. The summed E-state index contributed by atoms with van der Waals surface area (Å²) in [6.07, 6.45) is 2.36. The van der Waals surface area contributed by atoms with Crippen molar-refractivity contribution in [3.63, 3.8) is 0 Å². The number of anilines is 1. The summed E-state index contributed by atoms with van der Waals surface area (Å²) in [5.41, 5.74) is 8.77. The van der Waals surface area contributed by atoms with Crippen LogP contribution < -0.4 is 16.2 Å². The number of pyridine rings is 1. The van der Waals surface area contributed by atoms with Gasteiger partial charge in [-0.25, -0.2) is 4.98 Å². The van der Waals surface area contributed by atoms with E-state index in [1.165, 1.54) is 4.40 Å². The lowest BCUT2D eigenvalue weighted by molar-refractivity contribution is -0.119. The van der Waals surface area contributed by atoms with Gasteiger partial charge in [0.2, 0.25) is 5.91 Å². The summed E-state index contributed by atoms with van der Waals surface area (Å²) >= 11 is 0. The minimum atomic E-state index is -0.300. The van der Waals surface area contributed by atoms with Crippen LogP contribution in [0.5, 0.6) is 0 Å². The molecule has 0 aliphatic carbocycles. The highest BCUT2D eigenvalue weighted by Crippen LogP contribution is 2.38. The van der Waals surface area contributed by atoms with Crippen LogP contribution in [0.2, 0.25) is 0 Å². The molecule has 0 radical (unpaired) electrons. The zero-order chi connectivity index (χ0) is 18.3. The van der Waals surface area contributed by atoms with Crippen LogP contribution in [0.1, 0.15) is 30.5 Å². The fourth-order valence-electron chi connectivity index (χ4n) is 3.75. The molecule has 0 bridgehead atoms. The first kappa shape index (κ1) is 16.3. The van der Waals surface area contributed by atoms with Gasteiger partial charge in [0.15, 0.2) is 0 Å². The summed E-state index contributed by atoms with van der Waals surface area (Å²) in [5, 5.41) is 0. The standard InChI is InChI=1S/C20H20N4O2/c1-13-10-16(20(21)26)15-6-2-3-7-17(15)24(13)12-14-11-19(25)23-9-5-4-8-18(23)22-14/h2-9,11,13,16H,10,12H2,1H3,(H2,21,26)/t13-,16-/m1/s1. The zero-order valence-corrected chi connectivity index (χ0v) is 14.5. The number of amides is 1. The Bertz CT molecular complexity index is 1040. The summed E-state index contributed by atoms with van der Waals surface area (Å²) < 4.78 is 1.53. The van der Waals surface area contributed by atoms with Gasteiger partial charge in [-0.05, 0) is 37.1 Å². The van der Waals surface area contributed by atoms with Gasteiger partial charge in [0, 0.05) is 24.0 Å². The van der Waals surface area contributed by atoms with Gasteiger partial charge in [0.25, 0.3) is 5.56 Å². The van der Waals surface area contributed by atoms with E-state index in [-0.39, 0.29) is 23.4 Å². The van der Waals surface area contributed by atoms with Crippen LogP contribution in [0.25, 0.3) is 5.65 Å². The van der Waals surface area contributed by atoms with E-state index in [1.807, 2.05) is 42.5 Å². The minimum Gasteiger partial charge on any atom is -0.369 e. The van der Waals surface area contributed by atoms with Gasteiger partial charge >= 0.3 is 0 Å². The highest BCUT2D eigenvalue weighted by Gasteiger charge is 2.33. The van der Waals surface area contributed by atoms with E-state index in [1.54, 1.807) is 12.3 Å². The Morgan fingerprint density at radius 3 is 2.81 bits per heavy atom. The predicted molar refractivity (Wildman–Crippen MR) is 100 cm³/mol. The van der Waals surface area contributed by atoms with Crippen molar-refractivity contribution in [2.24, 2.45) is 5.73 Å². The van der Waals surface area contributed by atoms with Crippen molar-refractivity contribution in [2.45, 2.75) is 31.8 Å². The Balaban J connectivity index is 1.75. The first-order valence-corrected chi connectivity index (χ1v) is 8.67. The van der Waals surface area contributed by atoms with E-state index in [0.717, 1.165) is 11.3 Å². The van der Waals surface area contributed by atoms with Crippen LogP contribution in [0.15, 0.2) is 59.5 Å². The molecule has 6 heteroatoms. The number of aromatic nitrogens is 2. The molecule has 2 N–H and O–H groups in total. The molecule has 0 fully saturated rings. The van der Waals surface area contributed by atoms with E-state index >= 15 is 0 Å². The average Bonchev–Trinajstić information content (AvgIpc) is 2.63. The van der Waals surface area contributed by atoms with E-state index in [9.17, 15) is 9.59 Å².